The zero-order valence-corrected chi connectivity index (χ0v) is 15.4. The van der Waals surface area contributed by atoms with Gasteiger partial charge in [-0.15, -0.1) is 10.2 Å². The number of hydrogen-bond donors (Lipinski definition) is 2. The molecular weight excluding hydrogens is 380 g/mol. The van der Waals surface area contributed by atoms with Crippen LogP contribution in [0, 0.1) is 10.1 Å². The number of thioether (sulfide) groups is 1. The second-order valence-corrected chi connectivity index (χ2v) is 7.33. The SMILES string of the molecule is CC(Sc1nnc2c(n1)[nH]c1ccccc12)C(=O)Nc1cccc([N+](=O)[O-])c1. The molecule has 2 heterocycles. The lowest BCUT2D eigenvalue weighted by molar-refractivity contribution is -0.384. The average Bonchev–Trinajstić information content (AvgIpc) is 3.05. The maximum absolute atomic E-state index is 12.4. The number of benzene rings is 2. The Morgan fingerprint density at radius 2 is 2.04 bits per heavy atom. The van der Waals surface area contributed by atoms with Crippen LogP contribution in [0.2, 0.25) is 0 Å². The van der Waals surface area contributed by atoms with Crippen LogP contribution in [0.5, 0.6) is 0 Å². The minimum Gasteiger partial charge on any atom is -0.338 e. The second kappa shape index (κ2) is 7.24. The summed E-state index contributed by atoms with van der Waals surface area (Å²) in [7, 11) is 0. The van der Waals surface area contributed by atoms with Crippen LogP contribution < -0.4 is 5.32 Å². The largest absolute Gasteiger partial charge is 0.338 e. The molecule has 4 aromatic rings. The van der Waals surface area contributed by atoms with E-state index in [2.05, 4.69) is 25.5 Å². The molecular formula is C18H14N6O3S. The Kier molecular flexibility index (Phi) is 4.62. The highest BCUT2D eigenvalue weighted by Crippen LogP contribution is 2.26. The summed E-state index contributed by atoms with van der Waals surface area (Å²) in [5, 5.41) is 22.6. The zero-order valence-electron chi connectivity index (χ0n) is 14.6. The fourth-order valence-electron chi connectivity index (χ4n) is 2.71. The van der Waals surface area contributed by atoms with Crippen molar-refractivity contribution < 1.29 is 9.72 Å². The van der Waals surface area contributed by atoms with E-state index < -0.39 is 10.2 Å². The molecule has 0 fully saturated rings. The van der Waals surface area contributed by atoms with Gasteiger partial charge in [0, 0.05) is 28.7 Å². The molecule has 1 unspecified atom stereocenters. The quantitative estimate of drug-likeness (QED) is 0.301. The molecule has 4 rings (SSSR count). The van der Waals surface area contributed by atoms with Gasteiger partial charge in [0.15, 0.2) is 5.65 Å². The number of nitro groups is 1. The van der Waals surface area contributed by atoms with Gasteiger partial charge in [0.05, 0.1) is 10.2 Å². The Morgan fingerprint density at radius 1 is 1.21 bits per heavy atom. The minimum atomic E-state index is -0.525. The van der Waals surface area contributed by atoms with E-state index in [0.29, 0.717) is 22.0 Å². The first-order valence-electron chi connectivity index (χ1n) is 8.34. The van der Waals surface area contributed by atoms with E-state index in [1.54, 1.807) is 13.0 Å². The molecule has 0 aliphatic heterocycles. The Bertz CT molecular complexity index is 1210. The van der Waals surface area contributed by atoms with Crippen LogP contribution in [0.25, 0.3) is 22.1 Å². The number of anilines is 1. The normalized spacial score (nSPS) is 12.2. The van der Waals surface area contributed by atoms with Crippen molar-refractivity contribution in [2.75, 3.05) is 5.32 Å². The molecule has 0 saturated heterocycles. The molecule has 2 N–H and O–H groups in total. The summed E-state index contributed by atoms with van der Waals surface area (Å²) in [5.74, 6) is -0.314. The lowest BCUT2D eigenvalue weighted by Crippen LogP contribution is -2.22. The van der Waals surface area contributed by atoms with Crippen molar-refractivity contribution in [1.82, 2.24) is 20.2 Å². The van der Waals surface area contributed by atoms with Gasteiger partial charge in [-0.25, -0.2) is 4.98 Å². The molecule has 0 radical (unpaired) electrons. The van der Waals surface area contributed by atoms with E-state index in [1.165, 1.54) is 18.2 Å². The van der Waals surface area contributed by atoms with Crippen LogP contribution in [0.15, 0.2) is 53.7 Å². The smallest absolute Gasteiger partial charge is 0.271 e. The number of aromatic amines is 1. The van der Waals surface area contributed by atoms with Crippen molar-refractivity contribution in [3.63, 3.8) is 0 Å². The topological polar surface area (TPSA) is 127 Å². The van der Waals surface area contributed by atoms with Crippen molar-refractivity contribution in [2.24, 2.45) is 0 Å². The molecule has 140 valence electrons. The summed E-state index contributed by atoms with van der Waals surface area (Å²) in [6.45, 7) is 1.70. The number of aromatic nitrogens is 4. The lowest BCUT2D eigenvalue weighted by Gasteiger charge is -2.10. The number of hydrogen-bond acceptors (Lipinski definition) is 7. The maximum Gasteiger partial charge on any atom is 0.271 e. The number of nitrogens with zero attached hydrogens (tertiary/aromatic N) is 4. The monoisotopic (exact) mass is 394 g/mol. The van der Waals surface area contributed by atoms with Crippen molar-refractivity contribution in [3.05, 3.63) is 58.6 Å². The molecule has 10 heteroatoms. The average molecular weight is 394 g/mol. The van der Waals surface area contributed by atoms with Gasteiger partial charge >= 0.3 is 0 Å². The molecule has 0 saturated carbocycles. The third-order valence-corrected chi connectivity index (χ3v) is 5.03. The van der Waals surface area contributed by atoms with E-state index in [-0.39, 0.29) is 11.6 Å². The number of rotatable bonds is 5. The van der Waals surface area contributed by atoms with E-state index in [0.717, 1.165) is 22.7 Å². The van der Waals surface area contributed by atoms with Gasteiger partial charge in [0.1, 0.15) is 5.52 Å². The molecule has 2 aromatic heterocycles. The molecule has 0 aliphatic carbocycles. The van der Waals surface area contributed by atoms with E-state index in [9.17, 15) is 14.9 Å². The lowest BCUT2D eigenvalue weighted by atomic mass is 10.2. The van der Waals surface area contributed by atoms with Crippen LogP contribution in [0.3, 0.4) is 0 Å². The summed E-state index contributed by atoms with van der Waals surface area (Å²) < 4.78 is 0. The maximum atomic E-state index is 12.4. The molecule has 9 nitrogen and oxygen atoms in total. The number of carbonyl (C=O) groups is 1. The van der Waals surface area contributed by atoms with Gasteiger partial charge in [-0.1, -0.05) is 36.0 Å². The predicted molar refractivity (Wildman–Crippen MR) is 106 cm³/mol. The van der Waals surface area contributed by atoms with Crippen LogP contribution in [0.4, 0.5) is 11.4 Å². The molecule has 0 spiro atoms. The number of nitro benzene ring substituents is 1. The standard InChI is InChI=1S/C18H14N6O3S/c1-10(17(25)19-11-5-4-6-12(9-11)24(26)27)28-18-21-16-15(22-23-18)13-7-2-3-8-14(13)20-16/h2-10H,1H3,(H,19,25)(H,20,21,23). The third kappa shape index (κ3) is 3.49. The number of para-hydroxylation sites is 1. The third-order valence-electron chi connectivity index (χ3n) is 4.08. The Hall–Kier alpha value is -3.53. The number of non-ortho nitro benzene ring substituents is 1. The fourth-order valence-corrected chi connectivity index (χ4v) is 3.42. The first-order chi connectivity index (χ1) is 13.5. The van der Waals surface area contributed by atoms with Crippen molar-refractivity contribution in [1.29, 1.82) is 0 Å². The van der Waals surface area contributed by atoms with Gasteiger partial charge in [0.2, 0.25) is 11.1 Å². The highest BCUT2D eigenvalue weighted by molar-refractivity contribution is 8.00. The van der Waals surface area contributed by atoms with Crippen LogP contribution in [0.1, 0.15) is 6.92 Å². The second-order valence-electron chi connectivity index (χ2n) is 6.02. The molecule has 0 aliphatic rings. The summed E-state index contributed by atoms with van der Waals surface area (Å²) in [5.41, 5.74) is 2.46. The number of nitrogens with one attached hydrogen (secondary N) is 2. The van der Waals surface area contributed by atoms with Gasteiger partial charge in [-0.05, 0) is 19.1 Å². The van der Waals surface area contributed by atoms with Crippen molar-refractivity contribution >= 4 is 51.1 Å². The molecule has 1 atom stereocenters. The van der Waals surface area contributed by atoms with Crippen LogP contribution in [-0.2, 0) is 4.79 Å². The highest BCUT2D eigenvalue weighted by Gasteiger charge is 2.18. The first kappa shape index (κ1) is 17.9. The number of carbonyl (C=O) groups excluding carboxylic acids is 1. The number of amides is 1. The minimum absolute atomic E-state index is 0.0881. The first-order valence-corrected chi connectivity index (χ1v) is 9.22. The summed E-state index contributed by atoms with van der Waals surface area (Å²) in [6.07, 6.45) is 0. The fraction of sp³-hybridized carbons (Fsp3) is 0.111. The number of H-pyrrole nitrogens is 1. The molecule has 2 aromatic carbocycles. The predicted octanol–water partition coefficient (Wildman–Crippen LogP) is 3.53. The molecule has 0 bridgehead atoms. The summed E-state index contributed by atoms with van der Waals surface area (Å²) in [6, 6.07) is 13.5. The molecule has 28 heavy (non-hydrogen) atoms. The van der Waals surface area contributed by atoms with Gasteiger partial charge < -0.3 is 10.3 Å². The van der Waals surface area contributed by atoms with E-state index >= 15 is 0 Å². The van der Waals surface area contributed by atoms with Gasteiger partial charge in [-0.3, -0.25) is 14.9 Å². The van der Waals surface area contributed by atoms with Gasteiger partial charge in [0.25, 0.3) is 5.69 Å². The van der Waals surface area contributed by atoms with Crippen LogP contribution in [-0.4, -0.2) is 36.2 Å². The van der Waals surface area contributed by atoms with Crippen molar-refractivity contribution in [2.45, 2.75) is 17.3 Å². The number of fused-ring (bicyclic) bond motifs is 3. The van der Waals surface area contributed by atoms with Crippen molar-refractivity contribution in [3.8, 4) is 0 Å². The summed E-state index contributed by atoms with van der Waals surface area (Å²) >= 11 is 1.16. The molecule has 1 amide bonds. The highest BCUT2D eigenvalue weighted by atomic mass is 32.2. The zero-order chi connectivity index (χ0) is 19.7. The van der Waals surface area contributed by atoms with Gasteiger partial charge in [-0.2, -0.15) is 0 Å². The van der Waals surface area contributed by atoms with E-state index in [4.69, 9.17) is 0 Å². The summed E-state index contributed by atoms with van der Waals surface area (Å²) in [4.78, 5) is 30.4. The van der Waals surface area contributed by atoms with Crippen LogP contribution >= 0.6 is 11.8 Å². The Morgan fingerprint density at radius 3 is 2.86 bits per heavy atom. The Balaban J connectivity index is 1.50. The van der Waals surface area contributed by atoms with E-state index in [1.807, 2.05) is 24.3 Å². The Labute approximate surface area is 162 Å².